The molecule has 0 amide bonds. The smallest absolute Gasteiger partial charge is 0.117 e. The molecule has 0 aliphatic rings. The van der Waals surface area contributed by atoms with E-state index in [1.807, 2.05) is 25.1 Å². The lowest BCUT2D eigenvalue weighted by molar-refractivity contribution is 0.431. The summed E-state index contributed by atoms with van der Waals surface area (Å²) in [7, 11) is 0. The van der Waals surface area contributed by atoms with Crippen molar-refractivity contribution in [1.82, 2.24) is 5.32 Å². The van der Waals surface area contributed by atoms with Gasteiger partial charge in [0, 0.05) is 10.5 Å². The molecule has 18 heavy (non-hydrogen) atoms. The molecule has 0 radical (unpaired) electrons. The molecular formula is C15H18BrNO. The van der Waals surface area contributed by atoms with Crippen LogP contribution in [0.4, 0.5) is 0 Å². The van der Waals surface area contributed by atoms with Crippen LogP contribution in [0.15, 0.2) is 45.3 Å². The fourth-order valence-corrected chi connectivity index (χ4v) is 2.44. The topological polar surface area (TPSA) is 25.2 Å². The highest BCUT2D eigenvalue weighted by molar-refractivity contribution is 9.10. The Bertz CT molecular complexity index is 507. The second-order valence-corrected chi connectivity index (χ2v) is 5.32. The molecule has 1 heterocycles. The minimum atomic E-state index is 0.355. The van der Waals surface area contributed by atoms with Crippen LogP contribution in [-0.2, 0) is 6.54 Å². The maximum atomic E-state index is 5.57. The van der Waals surface area contributed by atoms with Gasteiger partial charge in [0.2, 0.25) is 0 Å². The van der Waals surface area contributed by atoms with Crippen molar-refractivity contribution in [2.45, 2.75) is 32.9 Å². The number of hydrogen-bond donors (Lipinski definition) is 1. The number of benzene rings is 1. The van der Waals surface area contributed by atoms with Gasteiger partial charge in [-0.25, -0.2) is 0 Å². The Morgan fingerprint density at radius 1 is 1.28 bits per heavy atom. The second kappa shape index (κ2) is 6.21. The molecule has 0 saturated heterocycles. The first-order chi connectivity index (χ1) is 8.69. The first kappa shape index (κ1) is 13.4. The van der Waals surface area contributed by atoms with Gasteiger partial charge in [0.1, 0.15) is 11.5 Å². The van der Waals surface area contributed by atoms with Crippen LogP contribution in [0.3, 0.4) is 0 Å². The number of nitrogens with one attached hydrogen (secondary N) is 1. The maximum Gasteiger partial charge on any atom is 0.117 e. The van der Waals surface area contributed by atoms with Crippen molar-refractivity contribution in [1.29, 1.82) is 0 Å². The van der Waals surface area contributed by atoms with Crippen LogP contribution < -0.4 is 5.32 Å². The number of aryl methyl sites for hydroxylation is 1. The molecule has 2 rings (SSSR count). The highest BCUT2D eigenvalue weighted by Crippen LogP contribution is 2.21. The number of furan rings is 1. The fourth-order valence-electron chi connectivity index (χ4n) is 2.03. The first-order valence-electron chi connectivity index (χ1n) is 6.23. The van der Waals surface area contributed by atoms with Gasteiger partial charge in [-0.1, -0.05) is 35.0 Å². The Labute approximate surface area is 117 Å². The molecule has 0 aliphatic carbocycles. The van der Waals surface area contributed by atoms with Crippen LogP contribution in [0, 0.1) is 6.92 Å². The molecule has 1 aromatic carbocycles. The summed E-state index contributed by atoms with van der Waals surface area (Å²) in [5.41, 5.74) is 1.30. The third-order valence-corrected chi connectivity index (χ3v) is 3.47. The lowest BCUT2D eigenvalue weighted by Gasteiger charge is -2.17. The standard InChI is InChI=1S/C15H18BrNO/c1-3-15(12-5-4-6-13(16)9-12)17-10-14-8-7-11(2)18-14/h4-9,15,17H,3,10H2,1-2H3. The molecule has 1 aromatic heterocycles. The molecule has 1 atom stereocenters. The Balaban J connectivity index is 2.01. The molecule has 0 spiro atoms. The molecular weight excluding hydrogens is 290 g/mol. The van der Waals surface area contributed by atoms with Crippen LogP contribution in [0.25, 0.3) is 0 Å². The normalized spacial score (nSPS) is 12.6. The van der Waals surface area contributed by atoms with Gasteiger partial charge in [-0.2, -0.15) is 0 Å². The summed E-state index contributed by atoms with van der Waals surface area (Å²) in [6.07, 6.45) is 1.05. The van der Waals surface area contributed by atoms with Crippen LogP contribution in [-0.4, -0.2) is 0 Å². The average Bonchev–Trinajstić information content (AvgIpc) is 2.76. The molecule has 96 valence electrons. The highest BCUT2D eigenvalue weighted by atomic mass is 79.9. The van der Waals surface area contributed by atoms with Gasteiger partial charge in [-0.15, -0.1) is 0 Å². The van der Waals surface area contributed by atoms with E-state index >= 15 is 0 Å². The van der Waals surface area contributed by atoms with Crippen molar-refractivity contribution in [2.24, 2.45) is 0 Å². The summed E-state index contributed by atoms with van der Waals surface area (Å²) < 4.78 is 6.69. The van der Waals surface area contributed by atoms with Gasteiger partial charge in [0.05, 0.1) is 6.54 Å². The summed E-state index contributed by atoms with van der Waals surface area (Å²) in [5, 5.41) is 3.53. The Kier molecular flexibility index (Phi) is 4.61. The largest absolute Gasteiger partial charge is 0.465 e. The van der Waals surface area contributed by atoms with E-state index in [4.69, 9.17) is 4.42 Å². The molecule has 2 nitrogen and oxygen atoms in total. The number of rotatable bonds is 5. The lowest BCUT2D eigenvalue weighted by Crippen LogP contribution is -2.19. The van der Waals surface area contributed by atoms with Crippen molar-refractivity contribution in [3.8, 4) is 0 Å². The first-order valence-corrected chi connectivity index (χ1v) is 7.02. The number of halogens is 1. The van der Waals surface area contributed by atoms with Crippen molar-refractivity contribution in [3.05, 3.63) is 58.0 Å². The zero-order chi connectivity index (χ0) is 13.0. The third kappa shape index (κ3) is 3.47. The highest BCUT2D eigenvalue weighted by Gasteiger charge is 2.09. The summed E-state index contributed by atoms with van der Waals surface area (Å²) >= 11 is 3.51. The van der Waals surface area contributed by atoms with Crippen molar-refractivity contribution in [3.63, 3.8) is 0 Å². The molecule has 0 fully saturated rings. The summed E-state index contributed by atoms with van der Waals surface area (Å²) in [5.74, 6) is 1.95. The zero-order valence-corrected chi connectivity index (χ0v) is 12.3. The van der Waals surface area contributed by atoms with E-state index in [1.54, 1.807) is 0 Å². The van der Waals surface area contributed by atoms with E-state index < -0.39 is 0 Å². The van der Waals surface area contributed by atoms with Crippen molar-refractivity contribution >= 4 is 15.9 Å². The van der Waals surface area contributed by atoms with Gasteiger partial charge < -0.3 is 9.73 Å². The average molecular weight is 308 g/mol. The van der Waals surface area contributed by atoms with Crippen molar-refractivity contribution in [2.75, 3.05) is 0 Å². The fraction of sp³-hybridized carbons (Fsp3) is 0.333. The van der Waals surface area contributed by atoms with Crippen molar-refractivity contribution < 1.29 is 4.42 Å². The van der Waals surface area contributed by atoms with E-state index in [1.165, 1.54) is 5.56 Å². The summed E-state index contributed by atoms with van der Waals surface area (Å²) in [6, 6.07) is 12.8. The number of hydrogen-bond acceptors (Lipinski definition) is 2. The summed E-state index contributed by atoms with van der Waals surface area (Å²) in [4.78, 5) is 0. The summed E-state index contributed by atoms with van der Waals surface area (Å²) in [6.45, 7) is 4.92. The second-order valence-electron chi connectivity index (χ2n) is 4.41. The van der Waals surface area contributed by atoms with E-state index in [9.17, 15) is 0 Å². The van der Waals surface area contributed by atoms with Crippen LogP contribution in [0.5, 0.6) is 0 Å². The Hall–Kier alpha value is -1.06. The van der Waals surface area contributed by atoms with E-state index in [0.717, 1.165) is 29.0 Å². The van der Waals surface area contributed by atoms with Gasteiger partial charge in [0.15, 0.2) is 0 Å². The molecule has 3 heteroatoms. The van der Waals surface area contributed by atoms with E-state index in [2.05, 4.69) is 46.4 Å². The van der Waals surface area contributed by atoms with E-state index in [-0.39, 0.29) is 0 Å². The third-order valence-electron chi connectivity index (χ3n) is 2.98. The van der Waals surface area contributed by atoms with Gasteiger partial charge in [-0.3, -0.25) is 0 Å². The minimum absolute atomic E-state index is 0.355. The predicted molar refractivity (Wildman–Crippen MR) is 77.5 cm³/mol. The molecule has 0 aliphatic heterocycles. The van der Waals surface area contributed by atoms with Gasteiger partial charge >= 0.3 is 0 Å². The SMILES string of the molecule is CCC(NCc1ccc(C)o1)c1cccc(Br)c1. The van der Waals surface area contributed by atoms with Crippen LogP contribution in [0.2, 0.25) is 0 Å². The molecule has 2 aromatic rings. The quantitative estimate of drug-likeness (QED) is 0.874. The molecule has 1 N–H and O–H groups in total. The lowest BCUT2D eigenvalue weighted by atomic mass is 10.0. The monoisotopic (exact) mass is 307 g/mol. The Morgan fingerprint density at radius 2 is 2.11 bits per heavy atom. The minimum Gasteiger partial charge on any atom is -0.465 e. The zero-order valence-electron chi connectivity index (χ0n) is 10.7. The Morgan fingerprint density at radius 3 is 2.72 bits per heavy atom. The van der Waals surface area contributed by atoms with Crippen LogP contribution >= 0.6 is 15.9 Å². The van der Waals surface area contributed by atoms with Gasteiger partial charge in [-0.05, 0) is 43.2 Å². The predicted octanol–water partition coefficient (Wildman–Crippen LogP) is 4.59. The van der Waals surface area contributed by atoms with E-state index in [0.29, 0.717) is 6.04 Å². The molecule has 1 unspecified atom stereocenters. The van der Waals surface area contributed by atoms with Crippen LogP contribution in [0.1, 0.15) is 36.5 Å². The van der Waals surface area contributed by atoms with Gasteiger partial charge in [0.25, 0.3) is 0 Å². The molecule has 0 saturated carbocycles. The maximum absolute atomic E-state index is 5.57. The molecule has 0 bridgehead atoms.